The number of phenolic OH excluding ortho intramolecular Hbond substituents is 1. The zero-order chi connectivity index (χ0) is 23.4. The van der Waals surface area contributed by atoms with Gasteiger partial charge in [0.15, 0.2) is 11.5 Å². The topological polar surface area (TPSA) is 71.5 Å². The third-order valence-electron chi connectivity index (χ3n) is 6.99. The van der Waals surface area contributed by atoms with Gasteiger partial charge in [0.05, 0.1) is 20.8 Å². The molecule has 0 radical (unpaired) electrons. The zero-order valence-electron chi connectivity index (χ0n) is 19.8. The van der Waals surface area contributed by atoms with Crippen LogP contribution >= 0.6 is 0 Å². The Bertz CT molecular complexity index is 942. The molecule has 7 nitrogen and oxygen atoms in total. The average molecular weight is 455 g/mol. The van der Waals surface area contributed by atoms with Gasteiger partial charge < -0.3 is 24.2 Å². The van der Waals surface area contributed by atoms with Gasteiger partial charge in [0.1, 0.15) is 5.75 Å². The van der Waals surface area contributed by atoms with Crippen LogP contribution in [0.15, 0.2) is 36.4 Å². The lowest BCUT2D eigenvalue weighted by Gasteiger charge is -2.39. The number of ether oxygens (including phenoxy) is 3. The predicted octanol–water partition coefficient (Wildman–Crippen LogP) is 3.94. The van der Waals surface area contributed by atoms with Crippen LogP contribution < -0.4 is 14.2 Å². The van der Waals surface area contributed by atoms with Crippen LogP contribution in [-0.2, 0) is 6.54 Å². The normalized spacial score (nSPS) is 17.8. The molecule has 0 aliphatic carbocycles. The smallest absolute Gasteiger partial charge is 0.253 e. The van der Waals surface area contributed by atoms with Crippen LogP contribution in [-0.4, -0.2) is 67.8 Å². The van der Waals surface area contributed by atoms with Crippen molar-refractivity contribution in [2.45, 2.75) is 32.7 Å². The van der Waals surface area contributed by atoms with E-state index < -0.39 is 0 Å². The number of methoxy groups -OCH3 is 2. The Morgan fingerprint density at radius 2 is 1.61 bits per heavy atom. The van der Waals surface area contributed by atoms with E-state index in [1.807, 2.05) is 48.2 Å². The molecule has 0 saturated carbocycles. The van der Waals surface area contributed by atoms with Gasteiger partial charge >= 0.3 is 0 Å². The quantitative estimate of drug-likeness (QED) is 0.683. The van der Waals surface area contributed by atoms with Crippen molar-refractivity contribution in [2.24, 2.45) is 5.41 Å². The maximum atomic E-state index is 13.0. The molecule has 1 N–H and O–H groups in total. The SMILES string of the molecule is CCOc1ccc(C(=O)N2CCC3(CCN(Cc4cc(OC)c(O)c(OC)c4)C3)CC2)cc1. The summed E-state index contributed by atoms with van der Waals surface area (Å²) in [4.78, 5) is 17.4. The third kappa shape index (κ3) is 5.03. The molecular formula is C26H34N2O5. The van der Waals surface area contributed by atoms with Crippen molar-refractivity contribution in [1.82, 2.24) is 9.80 Å². The molecule has 2 aromatic carbocycles. The van der Waals surface area contributed by atoms with Crippen LogP contribution in [0, 0.1) is 5.41 Å². The number of aromatic hydroxyl groups is 1. The molecule has 4 rings (SSSR count). The van der Waals surface area contributed by atoms with Crippen LogP contribution in [0.4, 0.5) is 0 Å². The first kappa shape index (κ1) is 23.2. The fourth-order valence-electron chi connectivity index (χ4n) is 5.10. The zero-order valence-corrected chi connectivity index (χ0v) is 19.8. The number of hydrogen-bond donors (Lipinski definition) is 1. The molecule has 2 aliphatic heterocycles. The summed E-state index contributed by atoms with van der Waals surface area (Å²) in [7, 11) is 3.09. The second kappa shape index (κ2) is 9.91. The lowest BCUT2D eigenvalue weighted by atomic mass is 9.77. The molecule has 1 amide bonds. The Kier molecular flexibility index (Phi) is 6.98. The van der Waals surface area contributed by atoms with Crippen LogP contribution in [0.25, 0.3) is 0 Å². The summed E-state index contributed by atoms with van der Waals surface area (Å²) in [6, 6.07) is 11.2. The summed E-state index contributed by atoms with van der Waals surface area (Å²) in [6.07, 6.45) is 3.19. The fourth-order valence-corrected chi connectivity index (χ4v) is 5.10. The van der Waals surface area contributed by atoms with E-state index in [0.717, 1.165) is 68.9 Å². The highest BCUT2D eigenvalue weighted by atomic mass is 16.5. The summed E-state index contributed by atoms with van der Waals surface area (Å²) < 4.78 is 16.1. The van der Waals surface area contributed by atoms with Crippen LogP contribution in [0.1, 0.15) is 42.1 Å². The molecule has 2 fully saturated rings. The molecule has 2 aromatic rings. The summed E-state index contributed by atoms with van der Waals surface area (Å²) in [5.41, 5.74) is 2.04. The number of rotatable bonds is 7. The molecule has 0 bridgehead atoms. The Morgan fingerprint density at radius 1 is 1.00 bits per heavy atom. The maximum absolute atomic E-state index is 13.0. The molecule has 178 valence electrons. The van der Waals surface area contributed by atoms with Gasteiger partial charge in [-0.05, 0) is 80.1 Å². The molecular weight excluding hydrogens is 420 g/mol. The highest BCUT2D eigenvalue weighted by Gasteiger charge is 2.41. The molecule has 7 heteroatoms. The number of carbonyl (C=O) groups is 1. The highest BCUT2D eigenvalue weighted by molar-refractivity contribution is 5.94. The minimum Gasteiger partial charge on any atom is -0.502 e. The second-order valence-electron chi connectivity index (χ2n) is 9.06. The first-order valence-electron chi connectivity index (χ1n) is 11.7. The molecule has 33 heavy (non-hydrogen) atoms. The summed E-state index contributed by atoms with van der Waals surface area (Å²) >= 11 is 0. The van der Waals surface area contributed by atoms with E-state index in [4.69, 9.17) is 14.2 Å². The lowest BCUT2D eigenvalue weighted by molar-refractivity contribution is 0.0588. The summed E-state index contributed by atoms with van der Waals surface area (Å²) in [5.74, 6) is 1.79. The van der Waals surface area contributed by atoms with Gasteiger partial charge in [-0.3, -0.25) is 9.69 Å². The standard InChI is InChI=1S/C26H34N2O5/c1-4-33-21-7-5-20(6-8-21)25(30)28-13-10-26(11-14-28)9-12-27(18-26)17-19-15-22(31-2)24(29)23(16-19)32-3/h5-8,15-16,29H,4,9-14,17-18H2,1-3H3. The van der Waals surface area contributed by atoms with Crippen molar-refractivity contribution in [3.8, 4) is 23.0 Å². The van der Waals surface area contributed by atoms with Crippen molar-refractivity contribution < 1.29 is 24.1 Å². The summed E-state index contributed by atoms with van der Waals surface area (Å²) in [6.45, 7) is 6.98. The molecule has 0 unspecified atom stereocenters. The molecule has 2 aliphatic rings. The Morgan fingerprint density at radius 3 is 2.18 bits per heavy atom. The predicted molar refractivity (Wildman–Crippen MR) is 126 cm³/mol. The molecule has 2 heterocycles. The van der Waals surface area contributed by atoms with E-state index in [1.165, 1.54) is 0 Å². The summed E-state index contributed by atoms with van der Waals surface area (Å²) in [5, 5.41) is 10.2. The maximum Gasteiger partial charge on any atom is 0.253 e. The second-order valence-corrected chi connectivity index (χ2v) is 9.06. The number of nitrogens with zero attached hydrogens (tertiary/aromatic N) is 2. The van der Waals surface area contributed by atoms with Crippen molar-refractivity contribution in [3.05, 3.63) is 47.5 Å². The van der Waals surface area contributed by atoms with Crippen LogP contribution in [0.5, 0.6) is 23.0 Å². The van der Waals surface area contributed by atoms with Gasteiger partial charge in [0, 0.05) is 31.7 Å². The molecule has 2 saturated heterocycles. The van der Waals surface area contributed by atoms with Gasteiger partial charge in [0.25, 0.3) is 5.91 Å². The largest absolute Gasteiger partial charge is 0.502 e. The minimum absolute atomic E-state index is 0.0335. The fraction of sp³-hybridized carbons (Fsp3) is 0.500. The number of amides is 1. The van der Waals surface area contributed by atoms with Crippen molar-refractivity contribution in [2.75, 3.05) is 47.0 Å². The Balaban J connectivity index is 1.34. The van der Waals surface area contributed by atoms with Crippen LogP contribution in [0.3, 0.4) is 0 Å². The van der Waals surface area contributed by atoms with E-state index >= 15 is 0 Å². The van der Waals surface area contributed by atoms with Gasteiger partial charge in [-0.25, -0.2) is 0 Å². The van der Waals surface area contributed by atoms with E-state index in [1.54, 1.807) is 14.2 Å². The number of carbonyl (C=O) groups excluding carboxylic acids is 1. The van der Waals surface area contributed by atoms with Crippen molar-refractivity contribution in [1.29, 1.82) is 0 Å². The average Bonchev–Trinajstić information content (AvgIpc) is 3.22. The number of likely N-dealkylation sites (tertiary alicyclic amines) is 2. The van der Waals surface area contributed by atoms with Crippen LogP contribution in [0.2, 0.25) is 0 Å². The van der Waals surface area contributed by atoms with Gasteiger partial charge in [-0.2, -0.15) is 0 Å². The number of benzene rings is 2. The van der Waals surface area contributed by atoms with Gasteiger partial charge in [-0.1, -0.05) is 0 Å². The Hall–Kier alpha value is -2.93. The molecule has 0 aromatic heterocycles. The lowest BCUT2D eigenvalue weighted by Crippen LogP contribution is -2.44. The van der Waals surface area contributed by atoms with E-state index in [2.05, 4.69) is 4.90 Å². The van der Waals surface area contributed by atoms with E-state index in [-0.39, 0.29) is 17.1 Å². The molecule has 1 spiro atoms. The Labute approximate surface area is 195 Å². The number of hydrogen-bond acceptors (Lipinski definition) is 6. The van der Waals surface area contributed by atoms with E-state index in [9.17, 15) is 9.90 Å². The first-order valence-corrected chi connectivity index (χ1v) is 11.7. The highest BCUT2D eigenvalue weighted by Crippen LogP contribution is 2.42. The first-order chi connectivity index (χ1) is 16.0. The number of phenols is 1. The van der Waals surface area contributed by atoms with Crippen molar-refractivity contribution >= 4 is 5.91 Å². The molecule has 0 atom stereocenters. The van der Waals surface area contributed by atoms with Gasteiger partial charge in [0.2, 0.25) is 5.75 Å². The van der Waals surface area contributed by atoms with Crippen molar-refractivity contribution in [3.63, 3.8) is 0 Å². The van der Waals surface area contributed by atoms with Gasteiger partial charge in [-0.15, -0.1) is 0 Å². The monoisotopic (exact) mass is 454 g/mol. The third-order valence-corrected chi connectivity index (χ3v) is 6.99. The number of piperidine rings is 1. The van der Waals surface area contributed by atoms with E-state index in [0.29, 0.717) is 18.1 Å². The minimum atomic E-state index is 0.0335.